The lowest BCUT2D eigenvalue weighted by Gasteiger charge is -2.13. The minimum atomic E-state index is -4.40. The molecule has 2 aromatic carbocycles. The quantitative estimate of drug-likeness (QED) is 0.764. The van der Waals surface area contributed by atoms with Gasteiger partial charge in [-0.2, -0.15) is 0 Å². The lowest BCUT2D eigenvalue weighted by molar-refractivity contribution is -0.131. The third kappa shape index (κ3) is 4.32. The zero-order valence-corrected chi connectivity index (χ0v) is 13.7. The molecule has 2 rings (SSSR count). The molecule has 0 radical (unpaired) electrons. The van der Waals surface area contributed by atoms with Crippen molar-refractivity contribution in [1.82, 2.24) is 0 Å². The predicted molar refractivity (Wildman–Crippen MR) is 86.8 cm³/mol. The van der Waals surface area contributed by atoms with E-state index in [2.05, 4.69) is 0 Å². The van der Waals surface area contributed by atoms with Gasteiger partial charge in [0, 0.05) is 6.08 Å². The van der Waals surface area contributed by atoms with E-state index < -0.39 is 38.2 Å². The van der Waals surface area contributed by atoms with Crippen LogP contribution < -0.4 is 9.46 Å². The molecular weight excluding hydrogens is 356 g/mol. The molecule has 0 saturated carbocycles. The van der Waals surface area contributed by atoms with E-state index in [1.807, 2.05) is 4.72 Å². The Labute approximate surface area is 142 Å². The van der Waals surface area contributed by atoms with Crippen LogP contribution in [-0.2, 0) is 14.8 Å². The molecule has 0 aliphatic carbocycles. The number of rotatable bonds is 6. The van der Waals surface area contributed by atoms with Crippen molar-refractivity contribution in [3.05, 3.63) is 59.7 Å². The molecule has 0 spiro atoms. The molecule has 9 heteroatoms. The smallest absolute Gasteiger partial charge is 0.328 e. The summed E-state index contributed by atoms with van der Waals surface area (Å²) in [6, 6.07) is 6.77. The Morgan fingerprint density at radius 2 is 1.84 bits per heavy atom. The Kier molecular flexibility index (Phi) is 5.38. The van der Waals surface area contributed by atoms with Crippen molar-refractivity contribution in [2.75, 3.05) is 11.8 Å². The molecule has 0 atom stereocenters. The molecule has 0 aliphatic heterocycles. The summed E-state index contributed by atoms with van der Waals surface area (Å²) in [6.45, 7) is 0. The number of hydrogen-bond donors (Lipinski definition) is 2. The monoisotopic (exact) mass is 369 g/mol. The maximum absolute atomic E-state index is 13.7. The van der Waals surface area contributed by atoms with Crippen molar-refractivity contribution in [2.24, 2.45) is 0 Å². The summed E-state index contributed by atoms with van der Waals surface area (Å²) in [4.78, 5) is 10.2. The summed E-state index contributed by atoms with van der Waals surface area (Å²) in [6.07, 6.45) is 1.99. The van der Waals surface area contributed by atoms with Crippen molar-refractivity contribution in [3.8, 4) is 5.75 Å². The van der Waals surface area contributed by atoms with Crippen molar-refractivity contribution in [1.29, 1.82) is 0 Å². The van der Waals surface area contributed by atoms with E-state index in [1.165, 1.54) is 25.3 Å². The van der Waals surface area contributed by atoms with Gasteiger partial charge in [0.1, 0.15) is 28.0 Å². The minimum absolute atomic E-state index is 0.0725. The number of methoxy groups -OCH3 is 1. The zero-order chi connectivity index (χ0) is 18.6. The van der Waals surface area contributed by atoms with Crippen molar-refractivity contribution < 1.29 is 31.8 Å². The second-order valence-electron chi connectivity index (χ2n) is 4.78. The molecular formula is C16H13F2NO5S. The Hall–Kier alpha value is -2.94. The zero-order valence-electron chi connectivity index (χ0n) is 12.9. The highest BCUT2D eigenvalue weighted by atomic mass is 32.2. The summed E-state index contributed by atoms with van der Waals surface area (Å²) in [7, 11) is -3.17. The predicted octanol–water partition coefficient (Wildman–Crippen LogP) is 2.87. The van der Waals surface area contributed by atoms with Gasteiger partial charge in [0.15, 0.2) is 0 Å². The number of hydrogen-bond acceptors (Lipinski definition) is 4. The molecule has 0 unspecified atom stereocenters. The highest BCUT2D eigenvalue weighted by Gasteiger charge is 2.23. The standard InChI is InChI=1S/C16H13F2NO5S/c1-24-13-7-5-10(6-8-15(20)21)9-14(13)25(22,23)19-16-11(17)3-2-4-12(16)18/h2-9,19H,1H3,(H,20,21). The van der Waals surface area contributed by atoms with Gasteiger partial charge in [-0.3, -0.25) is 4.72 Å². The number of sulfonamides is 1. The van der Waals surface area contributed by atoms with Crippen LogP contribution in [0.3, 0.4) is 0 Å². The van der Waals surface area contributed by atoms with E-state index in [1.54, 1.807) is 0 Å². The van der Waals surface area contributed by atoms with E-state index in [-0.39, 0.29) is 11.3 Å². The van der Waals surface area contributed by atoms with Crippen LogP contribution in [0.2, 0.25) is 0 Å². The van der Waals surface area contributed by atoms with Crippen LogP contribution in [-0.4, -0.2) is 26.6 Å². The third-order valence-electron chi connectivity index (χ3n) is 3.09. The number of ether oxygens (including phenoxy) is 1. The molecule has 0 aromatic heterocycles. The van der Waals surface area contributed by atoms with Crippen molar-refractivity contribution in [2.45, 2.75) is 4.90 Å². The fourth-order valence-corrected chi connectivity index (χ4v) is 3.24. The van der Waals surface area contributed by atoms with Crippen LogP contribution in [0.25, 0.3) is 6.08 Å². The van der Waals surface area contributed by atoms with Crippen LogP contribution in [0, 0.1) is 11.6 Å². The normalized spacial score (nSPS) is 11.5. The van der Waals surface area contributed by atoms with Gasteiger partial charge in [-0.05, 0) is 35.9 Å². The average Bonchev–Trinajstić information content (AvgIpc) is 2.56. The van der Waals surface area contributed by atoms with Gasteiger partial charge in [-0.25, -0.2) is 22.0 Å². The van der Waals surface area contributed by atoms with Crippen LogP contribution in [0.5, 0.6) is 5.75 Å². The number of carbonyl (C=O) groups is 1. The van der Waals surface area contributed by atoms with E-state index in [9.17, 15) is 22.0 Å². The molecule has 2 N–H and O–H groups in total. The Morgan fingerprint density at radius 3 is 2.40 bits per heavy atom. The molecule has 132 valence electrons. The fraction of sp³-hybridized carbons (Fsp3) is 0.0625. The first kappa shape index (κ1) is 18.4. The molecule has 25 heavy (non-hydrogen) atoms. The molecule has 0 fully saturated rings. The molecule has 0 aliphatic rings. The maximum atomic E-state index is 13.7. The molecule has 0 heterocycles. The first-order valence-electron chi connectivity index (χ1n) is 6.80. The topological polar surface area (TPSA) is 92.7 Å². The SMILES string of the molecule is COc1ccc(C=CC(=O)O)cc1S(=O)(=O)Nc1c(F)cccc1F. The Balaban J connectivity index is 2.50. The van der Waals surface area contributed by atoms with Gasteiger partial charge in [0.05, 0.1) is 7.11 Å². The van der Waals surface area contributed by atoms with E-state index in [4.69, 9.17) is 9.84 Å². The summed E-state index contributed by atoms with van der Waals surface area (Å²) in [5.74, 6) is -3.45. The van der Waals surface area contributed by atoms with Gasteiger partial charge in [-0.15, -0.1) is 0 Å². The molecule has 0 amide bonds. The summed E-state index contributed by atoms with van der Waals surface area (Å²) >= 11 is 0. The molecule has 0 saturated heterocycles. The van der Waals surface area contributed by atoms with Gasteiger partial charge in [-0.1, -0.05) is 12.1 Å². The summed E-state index contributed by atoms with van der Waals surface area (Å²) in [5, 5.41) is 8.64. The fourth-order valence-electron chi connectivity index (χ4n) is 1.96. The summed E-state index contributed by atoms with van der Waals surface area (Å²) < 4.78 is 59.2. The number of nitrogens with one attached hydrogen (secondary N) is 1. The van der Waals surface area contributed by atoms with Crippen molar-refractivity contribution in [3.63, 3.8) is 0 Å². The van der Waals surface area contributed by atoms with Gasteiger partial charge < -0.3 is 9.84 Å². The van der Waals surface area contributed by atoms with Crippen LogP contribution in [0.15, 0.2) is 47.4 Å². The molecule has 0 bridgehead atoms. The first-order valence-corrected chi connectivity index (χ1v) is 8.29. The minimum Gasteiger partial charge on any atom is -0.495 e. The van der Waals surface area contributed by atoms with E-state index >= 15 is 0 Å². The maximum Gasteiger partial charge on any atom is 0.328 e. The number of carboxylic acids is 1. The van der Waals surface area contributed by atoms with Gasteiger partial charge in [0.25, 0.3) is 10.0 Å². The Morgan fingerprint density at radius 1 is 1.20 bits per heavy atom. The van der Waals surface area contributed by atoms with Crippen LogP contribution >= 0.6 is 0 Å². The number of anilines is 1. The second-order valence-corrected chi connectivity index (χ2v) is 6.43. The third-order valence-corrected chi connectivity index (χ3v) is 4.47. The summed E-state index contributed by atoms with van der Waals surface area (Å²) in [5.41, 5.74) is -0.575. The highest BCUT2D eigenvalue weighted by molar-refractivity contribution is 7.92. The second kappa shape index (κ2) is 7.31. The molecule has 6 nitrogen and oxygen atoms in total. The van der Waals surface area contributed by atoms with E-state index in [0.29, 0.717) is 0 Å². The first-order chi connectivity index (χ1) is 11.7. The highest BCUT2D eigenvalue weighted by Crippen LogP contribution is 2.29. The number of para-hydroxylation sites is 1. The van der Waals surface area contributed by atoms with Gasteiger partial charge >= 0.3 is 5.97 Å². The lowest BCUT2D eigenvalue weighted by Crippen LogP contribution is -2.16. The van der Waals surface area contributed by atoms with Gasteiger partial charge in [0.2, 0.25) is 0 Å². The largest absolute Gasteiger partial charge is 0.495 e. The molecule has 2 aromatic rings. The number of benzene rings is 2. The lowest BCUT2D eigenvalue weighted by atomic mass is 10.2. The number of carboxylic acid groups (broad SMARTS) is 1. The van der Waals surface area contributed by atoms with Crippen LogP contribution in [0.4, 0.5) is 14.5 Å². The van der Waals surface area contributed by atoms with Crippen molar-refractivity contribution >= 4 is 27.8 Å². The number of aliphatic carboxylic acids is 1. The van der Waals surface area contributed by atoms with E-state index in [0.717, 1.165) is 30.3 Å². The average molecular weight is 369 g/mol. The van der Waals surface area contributed by atoms with Crippen LogP contribution in [0.1, 0.15) is 5.56 Å². The Bertz CT molecular complexity index is 921. The number of halogens is 2.